The lowest BCUT2D eigenvalue weighted by Crippen LogP contribution is -2.31. The molecule has 0 amide bonds. The number of benzene rings is 1. The third-order valence-electron chi connectivity index (χ3n) is 3.08. The fraction of sp³-hybridized carbons (Fsp3) is 0.533. The van der Waals surface area contributed by atoms with Gasteiger partial charge in [-0.1, -0.05) is 25.5 Å². The molecule has 0 aliphatic carbocycles. The lowest BCUT2D eigenvalue weighted by molar-refractivity contribution is -0.144. The molecule has 3 nitrogen and oxygen atoms in total. The summed E-state index contributed by atoms with van der Waals surface area (Å²) in [7, 11) is 0. The summed E-state index contributed by atoms with van der Waals surface area (Å²) in [5.74, 6) is -0.166. The van der Waals surface area contributed by atoms with Crippen molar-refractivity contribution < 1.29 is 9.53 Å². The number of nitrogens with one attached hydrogen (secondary N) is 1. The summed E-state index contributed by atoms with van der Waals surface area (Å²) >= 11 is 0. The van der Waals surface area contributed by atoms with Crippen LogP contribution in [-0.2, 0) is 9.53 Å². The van der Waals surface area contributed by atoms with Gasteiger partial charge >= 0.3 is 5.97 Å². The standard InChI is InChI=1S/C15H23NO2/c1-5-8-14(15(17)18-6-2)16-13-10-7-9-11(3)12(13)4/h7,9-10,14,16H,5-6,8H2,1-4H3. The predicted molar refractivity (Wildman–Crippen MR) is 74.9 cm³/mol. The van der Waals surface area contributed by atoms with E-state index in [2.05, 4.69) is 32.2 Å². The number of ether oxygens (including phenoxy) is 1. The third kappa shape index (κ3) is 3.76. The van der Waals surface area contributed by atoms with Crippen LogP contribution < -0.4 is 5.32 Å². The Morgan fingerprint density at radius 1 is 1.33 bits per heavy atom. The molecule has 0 bridgehead atoms. The quantitative estimate of drug-likeness (QED) is 0.785. The summed E-state index contributed by atoms with van der Waals surface area (Å²) in [6, 6.07) is 5.82. The van der Waals surface area contributed by atoms with Gasteiger partial charge in [-0.3, -0.25) is 0 Å². The summed E-state index contributed by atoms with van der Waals surface area (Å²) in [6.07, 6.45) is 1.73. The first-order valence-electron chi connectivity index (χ1n) is 6.59. The van der Waals surface area contributed by atoms with Gasteiger partial charge in [0, 0.05) is 5.69 Å². The minimum atomic E-state index is -0.254. The Balaban J connectivity index is 2.82. The van der Waals surface area contributed by atoms with Crippen molar-refractivity contribution in [3.8, 4) is 0 Å². The zero-order chi connectivity index (χ0) is 13.5. The Bertz CT molecular complexity index is 401. The molecule has 0 radical (unpaired) electrons. The third-order valence-corrected chi connectivity index (χ3v) is 3.08. The zero-order valence-electron chi connectivity index (χ0n) is 11.7. The van der Waals surface area contributed by atoms with Crippen LogP contribution in [0, 0.1) is 13.8 Å². The number of hydrogen-bond acceptors (Lipinski definition) is 3. The first-order valence-corrected chi connectivity index (χ1v) is 6.59. The number of anilines is 1. The second kappa shape index (κ2) is 7.04. The van der Waals surface area contributed by atoms with E-state index in [4.69, 9.17) is 4.74 Å². The van der Waals surface area contributed by atoms with Crippen molar-refractivity contribution in [2.24, 2.45) is 0 Å². The molecule has 0 spiro atoms. The van der Waals surface area contributed by atoms with E-state index >= 15 is 0 Å². The van der Waals surface area contributed by atoms with Gasteiger partial charge < -0.3 is 10.1 Å². The molecule has 0 saturated carbocycles. The highest BCUT2D eigenvalue weighted by Crippen LogP contribution is 2.20. The van der Waals surface area contributed by atoms with Gasteiger partial charge in [0.15, 0.2) is 0 Å². The molecule has 100 valence electrons. The van der Waals surface area contributed by atoms with Crippen LogP contribution in [0.1, 0.15) is 37.8 Å². The first kappa shape index (κ1) is 14.6. The van der Waals surface area contributed by atoms with E-state index < -0.39 is 0 Å². The average molecular weight is 249 g/mol. The van der Waals surface area contributed by atoms with E-state index in [1.807, 2.05) is 19.1 Å². The fourth-order valence-corrected chi connectivity index (χ4v) is 1.88. The second-order valence-electron chi connectivity index (χ2n) is 4.49. The maximum absolute atomic E-state index is 11.8. The lowest BCUT2D eigenvalue weighted by atomic mass is 10.1. The Hall–Kier alpha value is -1.51. The van der Waals surface area contributed by atoms with Crippen LogP contribution in [0.2, 0.25) is 0 Å². The number of carbonyl (C=O) groups excluding carboxylic acids is 1. The van der Waals surface area contributed by atoms with E-state index in [9.17, 15) is 4.79 Å². The Kier molecular flexibility index (Phi) is 5.69. The van der Waals surface area contributed by atoms with Crippen LogP contribution in [0.5, 0.6) is 0 Å². The summed E-state index contributed by atoms with van der Waals surface area (Å²) in [5, 5.41) is 3.30. The molecule has 1 aromatic rings. The van der Waals surface area contributed by atoms with Gasteiger partial charge in [0.05, 0.1) is 6.61 Å². The molecule has 1 aromatic carbocycles. The highest BCUT2D eigenvalue weighted by molar-refractivity contribution is 5.79. The van der Waals surface area contributed by atoms with E-state index in [1.165, 1.54) is 11.1 Å². The Labute approximate surface area is 110 Å². The molecule has 1 unspecified atom stereocenters. The predicted octanol–water partition coefficient (Wildman–Crippen LogP) is 3.45. The molecule has 1 rings (SSSR count). The molecule has 0 aromatic heterocycles. The van der Waals surface area contributed by atoms with Crippen LogP contribution >= 0.6 is 0 Å². The minimum absolute atomic E-state index is 0.166. The minimum Gasteiger partial charge on any atom is -0.464 e. The smallest absolute Gasteiger partial charge is 0.328 e. The maximum atomic E-state index is 11.8. The normalized spacial score (nSPS) is 12.0. The highest BCUT2D eigenvalue weighted by atomic mass is 16.5. The largest absolute Gasteiger partial charge is 0.464 e. The van der Waals surface area contributed by atoms with Gasteiger partial charge in [-0.2, -0.15) is 0 Å². The zero-order valence-corrected chi connectivity index (χ0v) is 11.7. The van der Waals surface area contributed by atoms with Crippen molar-refractivity contribution in [2.75, 3.05) is 11.9 Å². The Morgan fingerprint density at radius 3 is 2.67 bits per heavy atom. The van der Waals surface area contributed by atoms with Crippen molar-refractivity contribution in [3.05, 3.63) is 29.3 Å². The second-order valence-corrected chi connectivity index (χ2v) is 4.49. The summed E-state index contributed by atoms with van der Waals surface area (Å²) in [4.78, 5) is 11.8. The molecule has 1 atom stereocenters. The van der Waals surface area contributed by atoms with E-state index in [1.54, 1.807) is 0 Å². The maximum Gasteiger partial charge on any atom is 0.328 e. The van der Waals surface area contributed by atoms with Crippen molar-refractivity contribution >= 4 is 11.7 Å². The van der Waals surface area contributed by atoms with Gasteiger partial charge in [0.1, 0.15) is 6.04 Å². The molecule has 0 aliphatic heterocycles. The number of rotatable bonds is 6. The van der Waals surface area contributed by atoms with Crippen LogP contribution in [-0.4, -0.2) is 18.6 Å². The van der Waals surface area contributed by atoms with Gasteiger partial charge in [-0.05, 0) is 44.4 Å². The van der Waals surface area contributed by atoms with E-state index in [0.29, 0.717) is 6.61 Å². The van der Waals surface area contributed by atoms with Crippen molar-refractivity contribution in [2.45, 2.75) is 46.6 Å². The highest BCUT2D eigenvalue weighted by Gasteiger charge is 2.19. The van der Waals surface area contributed by atoms with Gasteiger partial charge in [-0.25, -0.2) is 4.79 Å². The monoisotopic (exact) mass is 249 g/mol. The summed E-state index contributed by atoms with van der Waals surface area (Å²) in [6.45, 7) is 8.45. The number of hydrogen-bond donors (Lipinski definition) is 1. The Morgan fingerprint density at radius 2 is 2.06 bits per heavy atom. The van der Waals surface area contributed by atoms with Crippen molar-refractivity contribution in [3.63, 3.8) is 0 Å². The summed E-state index contributed by atoms with van der Waals surface area (Å²) < 4.78 is 5.10. The van der Waals surface area contributed by atoms with Crippen LogP contribution in [0.4, 0.5) is 5.69 Å². The van der Waals surface area contributed by atoms with Crippen LogP contribution in [0.15, 0.2) is 18.2 Å². The first-order chi connectivity index (χ1) is 8.60. The molecule has 0 saturated heterocycles. The fourth-order valence-electron chi connectivity index (χ4n) is 1.88. The topological polar surface area (TPSA) is 38.3 Å². The lowest BCUT2D eigenvalue weighted by Gasteiger charge is -2.19. The average Bonchev–Trinajstić information content (AvgIpc) is 2.34. The molecular weight excluding hydrogens is 226 g/mol. The van der Waals surface area contributed by atoms with Crippen molar-refractivity contribution in [1.82, 2.24) is 0 Å². The molecule has 18 heavy (non-hydrogen) atoms. The van der Waals surface area contributed by atoms with E-state index in [0.717, 1.165) is 18.5 Å². The van der Waals surface area contributed by atoms with Crippen molar-refractivity contribution in [1.29, 1.82) is 0 Å². The molecule has 3 heteroatoms. The number of carbonyl (C=O) groups is 1. The number of aryl methyl sites for hydroxylation is 1. The van der Waals surface area contributed by atoms with Gasteiger partial charge in [-0.15, -0.1) is 0 Å². The molecule has 0 fully saturated rings. The molecular formula is C15H23NO2. The van der Waals surface area contributed by atoms with Crippen LogP contribution in [0.25, 0.3) is 0 Å². The van der Waals surface area contributed by atoms with Crippen LogP contribution in [0.3, 0.4) is 0 Å². The number of esters is 1. The SMILES string of the molecule is CCCC(Nc1cccc(C)c1C)C(=O)OCC. The van der Waals surface area contributed by atoms with E-state index in [-0.39, 0.29) is 12.0 Å². The molecule has 0 heterocycles. The molecule has 0 aliphatic rings. The van der Waals surface area contributed by atoms with Gasteiger partial charge in [0.25, 0.3) is 0 Å². The summed E-state index contributed by atoms with van der Waals surface area (Å²) in [5.41, 5.74) is 3.42. The molecule has 1 N–H and O–H groups in total. The van der Waals surface area contributed by atoms with Gasteiger partial charge in [0.2, 0.25) is 0 Å².